The molecule has 1 amide bonds. The Balaban J connectivity index is 2.14. The van der Waals surface area contributed by atoms with E-state index in [4.69, 9.17) is 0 Å². The van der Waals surface area contributed by atoms with Crippen LogP contribution < -0.4 is 9.62 Å². The van der Waals surface area contributed by atoms with Gasteiger partial charge in [-0.1, -0.05) is 27.7 Å². The van der Waals surface area contributed by atoms with Crippen molar-refractivity contribution in [2.45, 2.75) is 46.6 Å². The highest BCUT2D eigenvalue weighted by atomic mass is 32.2. The van der Waals surface area contributed by atoms with Crippen molar-refractivity contribution < 1.29 is 13.2 Å². The lowest BCUT2D eigenvalue weighted by molar-refractivity contribution is 0.0921. The number of likely N-dealkylation sites (N-methyl/N-ethyl adjacent to an activating group) is 1. The minimum absolute atomic E-state index is 0.105. The molecule has 1 N–H and O–H groups in total. The van der Waals surface area contributed by atoms with Crippen LogP contribution in [0, 0.1) is 5.92 Å². The molecule has 2 rings (SSSR count). The summed E-state index contributed by atoms with van der Waals surface area (Å²) in [4.78, 5) is 15.0. The van der Waals surface area contributed by atoms with Gasteiger partial charge in [0, 0.05) is 24.7 Å². The highest BCUT2D eigenvalue weighted by molar-refractivity contribution is 7.92. The van der Waals surface area contributed by atoms with Gasteiger partial charge in [-0.2, -0.15) is 0 Å². The number of amides is 1. The molecule has 1 aromatic carbocycles. The Morgan fingerprint density at radius 2 is 1.93 bits per heavy atom. The highest BCUT2D eigenvalue weighted by Gasteiger charge is 2.25. The summed E-state index contributed by atoms with van der Waals surface area (Å²) in [5, 5.41) is 3.07. The minimum Gasteiger partial charge on any atom is -0.350 e. The van der Waals surface area contributed by atoms with Crippen molar-refractivity contribution in [2.24, 2.45) is 5.92 Å². The van der Waals surface area contributed by atoms with Crippen LogP contribution in [0.1, 0.15) is 50.0 Å². The van der Waals surface area contributed by atoms with Gasteiger partial charge in [0.15, 0.2) is 0 Å². The number of hydrogen-bond donors (Lipinski definition) is 1. The van der Waals surface area contributed by atoms with Crippen LogP contribution in [0.3, 0.4) is 0 Å². The summed E-state index contributed by atoms with van der Waals surface area (Å²) < 4.78 is 25.4. The number of benzene rings is 1. The van der Waals surface area contributed by atoms with E-state index in [2.05, 4.69) is 37.9 Å². The molecule has 0 aromatic heterocycles. The SMILES string of the molecule is CCN(CC)[C@H](CNC(=O)c1ccc2c(c1)CCCN2S(C)(=O)=O)C(C)C. The Kier molecular flexibility index (Phi) is 7.28. The van der Waals surface area contributed by atoms with Crippen LogP contribution in [0.2, 0.25) is 0 Å². The molecule has 0 saturated heterocycles. The molecule has 0 saturated carbocycles. The molecular weight excluding hydrogens is 362 g/mol. The number of aryl methyl sites for hydroxylation is 1. The van der Waals surface area contributed by atoms with Gasteiger partial charge in [0.25, 0.3) is 5.91 Å². The number of carbonyl (C=O) groups is 1. The van der Waals surface area contributed by atoms with Gasteiger partial charge in [0.05, 0.1) is 11.9 Å². The monoisotopic (exact) mass is 395 g/mol. The standard InChI is InChI=1S/C20H33N3O3S/c1-6-22(7-2)19(15(3)4)14-21-20(24)17-10-11-18-16(13-17)9-8-12-23(18)27(5,25)26/h10-11,13,15,19H,6-9,12,14H2,1-5H3,(H,21,24)/t19-/m1/s1. The molecule has 0 bridgehead atoms. The quantitative estimate of drug-likeness (QED) is 0.734. The Labute approximate surface area is 164 Å². The fourth-order valence-electron chi connectivity index (χ4n) is 3.83. The average Bonchev–Trinajstić information content (AvgIpc) is 2.62. The third-order valence-corrected chi connectivity index (χ3v) is 6.52. The molecule has 1 aromatic rings. The van der Waals surface area contributed by atoms with Crippen LogP contribution in [-0.4, -0.2) is 57.7 Å². The summed E-state index contributed by atoms with van der Waals surface area (Å²) in [5.41, 5.74) is 2.21. The normalized spacial score (nSPS) is 15.7. The number of sulfonamides is 1. The predicted molar refractivity (Wildman–Crippen MR) is 111 cm³/mol. The van der Waals surface area contributed by atoms with E-state index in [1.54, 1.807) is 12.1 Å². The summed E-state index contributed by atoms with van der Waals surface area (Å²) >= 11 is 0. The number of nitrogens with zero attached hydrogens (tertiary/aromatic N) is 2. The van der Waals surface area contributed by atoms with Crippen molar-refractivity contribution >= 4 is 21.6 Å². The summed E-state index contributed by atoms with van der Waals surface area (Å²) in [6, 6.07) is 5.61. The molecule has 7 heteroatoms. The van der Waals surface area contributed by atoms with Gasteiger partial charge < -0.3 is 5.32 Å². The summed E-state index contributed by atoms with van der Waals surface area (Å²) in [7, 11) is -3.29. The molecule has 1 atom stereocenters. The lowest BCUT2D eigenvalue weighted by Crippen LogP contribution is -2.46. The van der Waals surface area contributed by atoms with Crippen molar-refractivity contribution in [1.29, 1.82) is 0 Å². The van der Waals surface area contributed by atoms with E-state index in [0.29, 0.717) is 36.3 Å². The number of fused-ring (bicyclic) bond motifs is 1. The zero-order valence-electron chi connectivity index (χ0n) is 17.2. The second-order valence-electron chi connectivity index (χ2n) is 7.52. The average molecular weight is 396 g/mol. The number of nitrogens with one attached hydrogen (secondary N) is 1. The Hall–Kier alpha value is -1.60. The topological polar surface area (TPSA) is 69.7 Å². The van der Waals surface area contributed by atoms with E-state index in [1.165, 1.54) is 10.6 Å². The van der Waals surface area contributed by atoms with Crippen LogP contribution in [0.25, 0.3) is 0 Å². The van der Waals surface area contributed by atoms with Crippen LogP contribution in [0.4, 0.5) is 5.69 Å². The number of carbonyl (C=O) groups excluding carboxylic acids is 1. The number of rotatable bonds is 8. The first-order chi connectivity index (χ1) is 12.7. The molecule has 1 aliphatic rings. The molecular formula is C20H33N3O3S. The van der Waals surface area contributed by atoms with Gasteiger partial charge in [-0.25, -0.2) is 8.42 Å². The van der Waals surface area contributed by atoms with Crippen LogP contribution >= 0.6 is 0 Å². The molecule has 6 nitrogen and oxygen atoms in total. The molecule has 0 aliphatic carbocycles. The molecule has 0 spiro atoms. The second-order valence-corrected chi connectivity index (χ2v) is 9.43. The van der Waals surface area contributed by atoms with E-state index in [-0.39, 0.29) is 5.91 Å². The van der Waals surface area contributed by atoms with Gasteiger partial charge in [-0.05, 0) is 55.6 Å². The van der Waals surface area contributed by atoms with Gasteiger partial charge in [-0.15, -0.1) is 0 Å². The molecule has 1 heterocycles. The van der Waals surface area contributed by atoms with Crippen molar-refractivity contribution in [1.82, 2.24) is 10.2 Å². The first-order valence-electron chi connectivity index (χ1n) is 9.81. The molecule has 152 valence electrons. The van der Waals surface area contributed by atoms with E-state index in [9.17, 15) is 13.2 Å². The number of anilines is 1. The third-order valence-electron chi connectivity index (χ3n) is 5.34. The first-order valence-corrected chi connectivity index (χ1v) is 11.7. The largest absolute Gasteiger partial charge is 0.350 e. The summed E-state index contributed by atoms with van der Waals surface area (Å²) in [5.74, 6) is 0.337. The zero-order chi connectivity index (χ0) is 20.2. The van der Waals surface area contributed by atoms with Crippen molar-refractivity contribution in [3.8, 4) is 0 Å². The summed E-state index contributed by atoms with van der Waals surface area (Å²) in [6.45, 7) is 11.6. The maximum absolute atomic E-state index is 12.7. The predicted octanol–water partition coefficient (Wildman–Crippen LogP) is 2.50. The zero-order valence-corrected chi connectivity index (χ0v) is 18.0. The summed E-state index contributed by atoms with van der Waals surface area (Å²) in [6.07, 6.45) is 2.78. The first kappa shape index (κ1) is 21.7. The van der Waals surface area contributed by atoms with Crippen LogP contribution in [0.5, 0.6) is 0 Å². The van der Waals surface area contributed by atoms with Gasteiger partial charge in [0.2, 0.25) is 10.0 Å². The van der Waals surface area contributed by atoms with Crippen molar-refractivity contribution in [2.75, 3.05) is 36.7 Å². The molecule has 0 radical (unpaired) electrons. The lowest BCUT2D eigenvalue weighted by Gasteiger charge is -2.33. The van der Waals surface area contributed by atoms with Gasteiger partial charge in [0.1, 0.15) is 0 Å². The maximum atomic E-state index is 12.7. The smallest absolute Gasteiger partial charge is 0.251 e. The Morgan fingerprint density at radius 3 is 2.48 bits per heavy atom. The lowest BCUT2D eigenvalue weighted by atomic mass is 10.00. The maximum Gasteiger partial charge on any atom is 0.251 e. The fourth-order valence-corrected chi connectivity index (χ4v) is 4.82. The van der Waals surface area contributed by atoms with E-state index < -0.39 is 10.0 Å². The van der Waals surface area contributed by atoms with Crippen molar-refractivity contribution in [3.63, 3.8) is 0 Å². The van der Waals surface area contributed by atoms with Crippen molar-refractivity contribution in [3.05, 3.63) is 29.3 Å². The van der Waals surface area contributed by atoms with Crippen LogP contribution in [-0.2, 0) is 16.4 Å². The Bertz CT molecular complexity index is 758. The van der Waals surface area contributed by atoms with Gasteiger partial charge >= 0.3 is 0 Å². The second kappa shape index (κ2) is 9.06. The van der Waals surface area contributed by atoms with Crippen LogP contribution in [0.15, 0.2) is 18.2 Å². The number of hydrogen-bond acceptors (Lipinski definition) is 4. The fraction of sp³-hybridized carbons (Fsp3) is 0.650. The highest BCUT2D eigenvalue weighted by Crippen LogP contribution is 2.29. The van der Waals surface area contributed by atoms with E-state index >= 15 is 0 Å². The third kappa shape index (κ3) is 5.23. The van der Waals surface area contributed by atoms with E-state index in [1.807, 2.05) is 6.07 Å². The minimum atomic E-state index is -3.29. The van der Waals surface area contributed by atoms with E-state index in [0.717, 1.165) is 31.5 Å². The molecule has 27 heavy (non-hydrogen) atoms. The molecule has 0 fully saturated rings. The van der Waals surface area contributed by atoms with Gasteiger partial charge in [-0.3, -0.25) is 14.0 Å². The Morgan fingerprint density at radius 1 is 1.26 bits per heavy atom. The molecule has 1 aliphatic heterocycles. The molecule has 0 unspecified atom stereocenters.